The molecule has 0 amide bonds. The van der Waals surface area contributed by atoms with Crippen LogP contribution < -0.4 is 0 Å². The van der Waals surface area contributed by atoms with Gasteiger partial charge in [-0.15, -0.1) is 0 Å². The molecule has 0 spiro atoms. The maximum atomic E-state index is 2.53. The molecule has 0 aliphatic rings. The summed E-state index contributed by atoms with van der Waals surface area (Å²) in [4.78, 5) is 0. The van der Waals surface area contributed by atoms with E-state index in [0.29, 0.717) is 0 Å². The summed E-state index contributed by atoms with van der Waals surface area (Å²) in [6.07, 6.45) is 60.5. The van der Waals surface area contributed by atoms with Crippen LogP contribution in [0.2, 0.25) is 0 Å². The molecule has 0 aromatic rings. The SMILES string of the molecule is CC.CC.CC.CCCCCCCCCCCCCCCCCCCCCC(C)CCC(C)CCCCCCCCCCCCCCCCC(C)CCCC. The van der Waals surface area contributed by atoms with Gasteiger partial charge in [0, 0.05) is 0 Å². The summed E-state index contributed by atoms with van der Waals surface area (Å²) in [7, 11) is 0. The zero-order valence-electron chi connectivity index (χ0n) is 41.7. The molecule has 0 aromatic carbocycles. The highest BCUT2D eigenvalue weighted by Crippen LogP contribution is 2.23. The highest BCUT2D eigenvalue weighted by molar-refractivity contribution is 4.61. The summed E-state index contributed by atoms with van der Waals surface area (Å²) < 4.78 is 0. The molecule has 0 N–H and O–H groups in total. The lowest BCUT2D eigenvalue weighted by molar-refractivity contribution is 0.376. The minimum Gasteiger partial charge on any atom is -0.0683 e. The topological polar surface area (TPSA) is 0 Å². The maximum absolute atomic E-state index is 2.53. The van der Waals surface area contributed by atoms with E-state index in [9.17, 15) is 0 Å². The van der Waals surface area contributed by atoms with Crippen molar-refractivity contribution < 1.29 is 0 Å². The maximum Gasteiger partial charge on any atom is -0.0443 e. The molecule has 0 saturated heterocycles. The first-order valence-electron chi connectivity index (χ1n) is 27.1. The van der Waals surface area contributed by atoms with Gasteiger partial charge in [-0.2, -0.15) is 0 Å². The average molecular weight is 780 g/mol. The van der Waals surface area contributed by atoms with Gasteiger partial charge < -0.3 is 0 Å². The van der Waals surface area contributed by atoms with E-state index in [1.54, 1.807) is 0 Å². The minimum atomic E-state index is 0.946. The van der Waals surface area contributed by atoms with Crippen molar-refractivity contribution in [2.75, 3.05) is 0 Å². The summed E-state index contributed by atoms with van der Waals surface area (Å²) in [6.45, 7) is 24.1. The number of rotatable bonds is 43. The monoisotopic (exact) mass is 779 g/mol. The van der Waals surface area contributed by atoms with Gasteiger partial charge in [0.1, 0.15) is 0 Å². The van der Waals surface area contributed by atoms with Crippen LogP contribution in [0.3, 0.4) is 0 Å². The Hall–Kier alpha value is 0. The third-order valence-corrected chi connectivity index (χ3v) is 12.1. The smallest absolute Gasteiger partial charge is 0.0443 e. The Labute approximate surface area is 355 Å². The Morgan fingerprint density at radius 2 is 0.327 bits per heavy atom. The molecule has 0 heterocycles. The molecular weight excluding hydrogens is 661 g/mol. The van der Waals surface area contributed by atoms with Crippen LogP contribution >= 0.6 is 0 Å². The zero-order chi connectivity index (χ0) is 41.7. The molecule has 0 saturated carbocycles. The molecule has 0 aromatic heterocycles. The van der Waals surface area contributed by atoms with Crippen LogP contribution in [-0.2, 0) is 0 Å². The van der Waals surface area contributed by atoms with E-state index >= 15 is 0 Å². The summed E-state index contributed by atoms with van der Waals surface area (Å²) in [5.41, 5.74) is 0. The van der Waals surface area contributed by atoms with E-state index in [4.69, 9.17) is 0 Å². The Morgan fingerprint density at radius 1 is 0.182 bits per heavy atom. The van der Waals surface area contributed by atoms with E-state index in [1.165, 1.54) is 263 Å². The fourth-order valence-corrected chi connectivity index (χ4v) is 8.23. The van der Waals surface area contributed by atoms with Gasteiger partial charge >= 0.3 is 0 Å². The van der Waals surface area contributed by atoms with Crippen molar-refractivity contribution in [2.45, 2.75) is 339 Å². The fourth-order valence-electron chi connectivity index (χ4n) is 8.23. The fraction of sp³-hybridized carbons (Fsp3) is 1.00. The van der Waals surface area contributed by atoms with Crippen molar-refractivity contribution in [1.29, 1.82) is 0 Å². The summed E-state index contributed by atoms with van der Waals surface area (Å²) in [6, 6.07) is 0. The van der Waals surface area contributed by atoms with Crippen LogP contribution in [0, 0.1) is 17.8 Å². The number of unbranched alkanes of at least 4 members (excludes halogenated alkanes) is 32. The van der Waals surface area contributed by atoms with Gasteiger partial charge in [0.05, 0.1) is 0 Å². The molecule has 0 bridgehead atoms. The second-order valence-electron chi connectivity index (χ2n) is 17.7. The second kappa shape index (κ2) is 60.7. The molecule has 0 fully saturated rings. The van der Waals surface area contributed by atoms with Crippen molar-refractivity contribution in [3.05, 3.63) is 0 Å². The van der Waals surface area contributed by atoms with Crippen molar-refractivity contribution >= 4 is 0 Å². The van der Waals surface area contributed by atoms with E-state index in [0.717, 1.165) is 17.8 Å². The van der Waals surface area contributed by atoms with Crippen LogP contribution in [0.15, 0.2) is 0 Å². The Kier molecular flexibility index (Phi) is 68.0. The molecule has 0 aliphatic carbocycles. The molecule has 338 valence electrons. The van der Waals surface area contributed by atoms with Crippen molar-refractivity contribution in [2.24, 2.45) is 17.8 Å². The lowest BCUT2D eigenvalue weighted by Crippen LogP contribution is -2.01. The molecule has 0 rings (SSSR count). The third-order valence-electron chi connectivity index (χ3n) is 12.1. The van der Waals surface area contributed by atoms with Gasteiger partial charge in [-0.05, 0) is 17.8 Å². The normalized spacial score (nSPS) is 12.5. The van der Waals surface area contributed by atoms with Gasteiger partial charge in [-0.25, -0.2) is 0 Å². The Bertz CT molecular complexity index is 564. The van der Waals surface area contributed by atoms with Crippen LogP contribution in [-0.4, -0.2) is 0 Å². The first-order chi connectivity index (χ1) is 27.1. The van der Waals surface area contributed by atoms with E-state index in [-0.39, 0.29) is 0 Å². The Balaban J connectivity index is -0.00000205. The van der Waals surface area contributed by atoms with Crippen LogP contribution in [0.4, 0.5) is 0 Å². The lowest BCUT2D eigenvalue weighted by Gasteiger charge is -2.15. The predicted octanol–water partition coefficient (Wildman–Crippen LogP) is 22.0. The minimum absolute atomic E-state index is 0.946. The molecular formula is C55H118. The number of hydrogen-bond donors (Lipinski definition) is 0. The average Bonchev–Trinajstić information content (AvgIpc) is 3.22. The third kappa shape index (κ3) is 60.8. The van der Waals surface area contributed by atoms with Crippen LogP contribution in [0.25, 0.3) is 0 Å². The van der Waals surface area contributed by atoms with Crippen molar-refractivity contribution in [3.8, 4) is 0 Å². The molecule has 55 heavy (non-hydrogen) atoms. The van der Waals surface area contributed by atoms with E-state index in [2.05, 4.69) is 34.6 Å². The highest BCUT2D eigenvalue weighted by atomic mass is 14.1. The zero-order valence-corrected chi connectivity index (χ0v) is 41.7. The molecule has 3 unspecified atom stereocenters. The first kappa shape index (κ1) is 61.7. The number of hydrogen-bond acceptors (Lipinski definition) is 0. The van der Waals surface area contributed by atoms with Crippen LogP contribution in [0.1, 0.15) is 339 Å². The molecule has 3 atom stereocenters. The van der Waals surface area contributed by atoms with Gasteiger partial charge in [-0.1, -0.05) is 339 Å². The second-order valence-corrected chi connectivity index (χ2v) is 17.7. The van der Waals surface area contributed by atoms with E-state index < -0.39 is 0 Å². The van der Waals surface area contributed by atoms with Crippen molar-refractivity contribution in [3.63, 3.8) is 0 Å². The predicted molar refractivity (Wildman–Crippen MR) is 262 cm³/mol. The quantitative estimate of drug-likeness (QED) is 0.0541. The summed E-state index contributed by atoms with van der Waals surface area (Å²) in [5, 5.41) is 0. The van der Waals surface area contributed by atoms with Gasteiger partial charge in [-0.3, -0.25) is 0 Å². The van der Waals surface area contributed by atoms with Gasteiger partial charge in [0.2, 0.25) is 0 Å². The van der Waals surface area contributed by atoms with Crippen molar-refractivity contribution in [1.82, 2.24) is 0 Å². The van der Waals surface area contributed by atoms with Gasteiger partial charge in [0.15, 0.2) is 0 Å². The Morgan fingerprint density at radius 3 is 0.527 bits per heavy atom. The van der Waals surface area contributed by atoms with Gasteiger partial charge in [0.25, 0.3) is 0 Å². The highest BCUT2D eigenvalue weighted by Gasteiger charge is 2.07. The standard InChI is InChI=1S/C49H100.3C2H6/c1-6-8-10-11-12-13-14-15-16-17-18-19-20-23-27-30-33-36-39-43-48(4)45-46-49(5)44-40-37-34-31-28-25-22-21-24-26-29-32-35-38-42-47(3)41-9-7-2;3*1-2/h47-49H,6-46H2,1-5H3;3*1-2H3. The lowest BCUT2D eigenvalue weighted by atomic mass is 9.91. The largest absolute Gasteiger partial charge is 0.0683 e. The summed E-state index contributed by atoms with van der Waals surface area (Å²) >= 11 is 0. The molecule has 0 radical (unpaired) electrons. The molecule has 0 aliphatic heterocycles. The molecule has 0 nitrogen and oxygen atoms in total. The first-order valence-corrected chi connectivity index (χ1v) is 27.1. The van der Waals surface area contributed by atoms with Crippen LogP contribution in [0.5, 0.6) is 0 Å². The van der Waals surface area contributed by atoms with E-state index in [1.807, 2.05) is 41.5 Å². The summed E-state index contributed by atoms with van der Waals surface area (Å²) in [5.74, 6) is 2.86. The molecule has 0 heteroatoms.